The maximum atomic E-state index is 13.2. The lowest BCUT2D eigenvalue weighted by Crippen LogP contribution is -2.17. The maximum absolute atomic E-state index is 13.2. The third-order valence-electron chi connectivity index (χ3n) is 2.37. The number of nitrogens with one attached hydrogen (secondary N) is 1. The van der Waals surface area contributed by atoms with Crippen LogP contribution in [-0.2, 0) is 0 Å². The number of nitrogens with zero attached hydrogens (tertiary/aromatic N) is 1. The summed E-state index contributed by atoms with van der Waals surface area (Å²) >= 11 is 0. The van der Waals surface area contributed by atoms with Crippen molar-refractivity contribution in [3.8, 4) is 6.07 Å². The Bertz CT molecular complexity index is 368. The zero-order valence-electron chi connectivity index (χ0n) is 9.05. The van der Waals surface area contributed by atoms with Crippen molar-refractivity contribution in [1.29, 1.82) is 5.26 Å². The molecule has 0 heterocycles. The topological polar surface area (TPSA) is 35.8 Å². The average molecular weight is 206 g/mol. The SMILES string of the molecule is CCC(CC#N)Nc1ccc(C)c(F)c1. The van der Waals surface area contributed by atoms with Crippen LogP contribution in [0.5, 0.6) is 0 Å². The number of anilines is 1. The van der Waals surface area contributed by atoms with E-state index in [1.165, 1.54) is 6.07 Å². The van der Waals surface area contributed by atoms with E-state index in [1.807, 2.05) is 13.0 Å². The molecule has 1 aromatic rings. The quantitative estimate of drug-likeness (QED) is 0.820. The first kappa shape index (κ1) is 11.5. The molecule has 1 unspecified atom stereocenters. The van der Waals surface area contributed by atoms with E-state index in [4.69, 9.17) is 5.26 Å². The molecule has 0 radical (unpaired) electrons. The van der Waals surface area contributed by atoms with Crippen molar-refractivity contribution >= 4 is 5.69 Å². The molecule has 1 aromatic carbocycles. The zero-order chi connectivity index (χ0) is 11.3. The molecule has 0 saturated carbocycles. The second kappa shape index (κ2) is 5.35. The lowest BCUT2D eigenvalue weighted by atomic mass is 10.1. The van der Waals surface area contributed by atoms with Gasteiger partial charge in [-0.1, -0.05) is 13.0 Å². The van der Waals surface area contributed by atoms with Gasteiger partial charge in [0.25, 0.3) is 0 Å². The average Bonchev–Trinajstić information content (AvgIpc) is 2.23. The molecule has 80 valence electrons. The molecule has 1 N–H and O–H groups in total. The number of hydrogen-bond donors (Lipinski definition) is 1. The lowest BCUT2D eigenvalue weighted by molar-refractivity contribution is 0.618. The van der Waals surface area contributed by atoms with Crippen molar-refractivity contribution in [1.82, 2.24) is 0 Å². The maximum Gasteiger partial charge on any atom is 0.128 e. The first-order valence-electron chi connectivity index (χ1n) is 5.07. The Balaban J connectivity index is 2.71. The van der Waals surface area contributed by atoms with Crippen molar-refractivity contribution in [2.24, 2.45) is 0 Å². The molecule has 0 amide bonds. The second-order valence-electron chi connectivity index (χ2n) is 3.58. The molecule has 0 aliphatic heterocycles. The van der Waals surface area contributed by atoms with Gasteiger partial charge in [0.2, 0.25) is 0 Å². The number of halogens is 1. The molecule has 1 rings (SSSR count). The highest BCUT2D eigenvalue weighted by molar-refractivity contribution is 5.46. The molecule has 0 spiro atoms. The first-order valence-corrected chi connectivity index (χ1v) is 5.07. The molecule has 0 aliphatic carbocycles. The number of nitriles is 1. The van der Waals surface area contributed by atoms with Crippen LogP contribution in [0.25, 0.3) is 0 Å². The zero-order valence-corrected chi connectivity index (χ0v) is 9.05. The second-order valence-corrected chi connectivity index (χ2v) is 3.58. The van der Waals surface area contributed by atoms with Crippen LogP contribution in [0.1, 0.15) is 25.3 Å². The van der Waals surface area contributed by atoms with Crippen LogP contribution in [0.4, 0.5) is 10.1 Å². The van der Waals surface area contributed by atoms with Gasteiger partial charge in [-0.05, 0) is 31.0 Å². The minimum absolute atomic E-state index is 0.0945. The van der Waals surface area contributed by atoms with Crippen molar-refractivity contribution in [2.45, 2.75) is 32.7 Å². The summed E-state index contributed by atoms with van der Waals surface area (Å²) in [4.78, 5) is 0. The van der Waals surface area contributed by atoms with E-state index in [-0.39, 0.29) is 11.9 Å². The van der Waals surface area contributed by atoms with E-state index in [2.05, 4.69) is 11.4 Å². The van der Waals surface area contributed by atoms with Gasteiger partial charge in [0.1, 0.15) is 5.82 Å². The van der Waals surface area contributed by atoms with Crippen LogP contribution in [0.2, 0.25) is 0 Å². The Hall–Kier alpha value is -1.56. The highest BCUT2D eigenvalue weighted by Gasteiger charge is 2.06. The Morgan fingerprint density at radius 3 is 2.80 bits per heavy atom. The van der Waals surface area contributed by atoms with Gasteiger partial charge in [-0.15, -0.1) is 0 Å². The van der Waals surface area contributed by atoms with Crippen LogP contribution < -0.4 is 5.32 Å². The molecule has 0 fully saturated rings. The van der Waals surface area contributed by atoms with Gasteiger partial charge >= 0.3 is 0 Å². The van der Waals surface area contributed by atoms with Gasteiger partial charge in [0.15, 0.2) is 0 Å². The Labute approximate surface area is 89.7 Å². The minimum Gasteiger partial charge on any atom is -0.381 e. The van der Waals surface area contributed by atoms with E-state index in [1.54, 1.807) is 13.0 Å². The highest BCUT2D eigenvalue weighted by Crippen LogP contribution is 2.15. The summed E-state index contributed by atoms with van der Waals surface area (Å²) in [5.41, 5.74) is 1.37. The Kier molecular flexibility index (Phi) is 4.11. The molecule has 3 heteroatoms. The normalized spacial score (nSPS) is 11.9. The summed E-state index contributed by atoms with van der Waals surface area (Å²) in [6.45, 7) is 3.73. The lowest BCUT2D eigenvalue weighted by Gasteiger charge is -2.15. The molecule has 2 nitrogen and oxygen atoms in total. The molecule has 15 heavy (non-hydrogen) atoms. The molecule has 1 atom stereocenters. The van der Waals surface area contributed by atoms with Crippen molar-refractivity contribution in [3.63, 3.8) is 0 Å². The highest BCUT2D eigenvalue weighted by atomic mass is 19.1. The van der Waals surface area contributed by atoms with Crippen molar-refractivity contribution in [2.75, 3.05) is 5.32 Å². The number of aryl methyl sites for hydroxylation is 1. The molecule has 0 aromatic heterocycles. The molecule has 0 aliphatic rings. The van der Waals surface area contributed by atoms with Gasteiger partial charge in [0, 0.05) is 11.7 Å². The monoisotopic (exact) mass is 206 g/mol. The standard InChI is InChI=1S/C12H15FN2/c1-3-10(6-7-14)15-11-5-4-9(2)12(13)8-11/h4-5,8,10,15H,3,6H2,1-2H3. The van der Waals surface area contributed by atoms with Crippen molar-refractivity contribution in [3.05, 3.63) is 29.6 Å². The molecule has 0 saturated heterocycles. The van der Waals surface area contributed by atoms with Crippen LogP contribution in [0.15, 0.2) is 18.2 Å². The number of benzene rings is 1. The fourth-order valence-electron chi connectivity index (χ4n) is 1.33. The molecular formula is C12H15FN2. The van der Waals surface area contributed by atoms with E-state index in [0.29, 0.717) is 12.0 Å². The summed E-state index contributed by atoms with van der Waals surface area (Å²) in [6, 6.07) is 7.24. The minimum atomic E-state index is -0.216. The summed E-state index contributed by atoms with van der Waals surface area (Å²) < 4.78 is 13.2. The number of rotatable bonds is 4. The van der Waals surface area contributed by atoms with Crippen molar-refractivity contribution < 1.29 is 4.39 Å². The summed E-state index contributed by atoms with van der Waals surface area (Å²) in [7, 11) is 0. The Morgan fingerprint density at radius 2 is 2.27 bits per heavy atom. The van der Waals surface area contributed by atoms with Crippen LogP contribution in [0.3, 0.4) is 0 Å². The summed E-state index contributed by atoms with van der Waals surface area (Å²) in [5.74, 6) is -0.216. The predicted octanol–water partition coefficient (Wildman–Crippen LogP) is 3.24. The van der Waals surface area contributed by atoms with Crippen LogP contribution in [-0.4, -0.2) is 6.04 Å². The smallest absolute Gasteiger partial charge is 0.128 e. The third-order valence-corrected chi connectivity index (χ3v) is 2.37. The van der Waals surface area contributed by atoms with Gasteiger partial charge in [0.05, 0.1) is 12.5 Å². The Morgan fingerprint density at radius 1 is 1.53 bits per heavy atom. The van der Waals surface area contributed by atoms with Gasteiger partial charge in [-0.25, -0.2) is 4.39 Å². The molecular weight excluding hydrogens is 191 g/mol. The van der Waals surface area contributed by atoms with Crippen LogP contribution >= 0.6 is 0 Å². The largest absolute Gasteiger partial charge is 0.381 e. The van der Waals surface area contributed by atoms with Gasteiger partial charge in [-0.2, -0.15) is 5.26 Å². The van der Waals surface area contributed by atoms with Gasteiger partial charge in [-0.3, -0.25) is 0 Å². The third kappa shape index (κ3) is 3.25. The summed E-state index contributed by atoms with van der Waals surface area (Å²) in [5, 5.41) is 11.7. The van der Waals surface area contributed by atoms with E-state index < -0.39 is 0 Å². The van der Waals surface area contributed by atoms with Gasteiger partial charge < -0.3 is 5.32 Å². The van der Waals surface area contributed by atoms with E-state index in [9.17, 15) is 4.39 Å². The first-order chi connectivity index (χ1) is 7.17. The number of hydrogen-bond acceptors (Lipinski definition) is 2. The predicted molar refractivity (Wildman–Crippen MR) is 59.1 cm³/mol. The van der Waals surface area contributed by atoms with Crippen LogP contribution in [0, 0.1) is 24.1 Å². The van der Waals surface area contributed by atoms with E-state index >= 15 is 0 Å². The fourth-order valence-corrected chi connectivity index (χ4v) is 1.33. The summed E-state index contributed by atoms with van der Waals surface area (Å²) in [6.07, 6.45) is 1.29. The fraction of sp³-hybridized carbons (Fsp3) is 0.417. The van der Waals surface area contributed by atoms with E-state index in [0.717, 1.165) is 12.1 Å². The molecule has 0 bridgehead atoms.